The summed E-state index contributed by atoms with van der Waals surface area (Å²) in [5.41, 5.74) is 3.46. The topological polar surface area (TPSA) is 67.6 Å². The van der Waals surface area contributed by atoms with E-state index < -0.39 is 0 Å². The van der Waals surface area contributed by atoms with Gasteiger partial charge in [-0.1, -0.05) is 26.0 Å². The van der Waals surface area contributed by atoms with Crippen LogP contribution in [-0.2, 0) is 11.3 Å². The minimum absolute atomic E-state index is 0.00961. The predicted molar refractivity (Wildman–Crippen MR) is 82.5 cm³/mol. The standard InChI is InChI=1S/C16H25N3O2/c1-12(2)11-21-15-5-3-4-13(8-15)9-19-7-6-14(10-19)16(20)18-17/h3-5,8,12,14H,6-7,9-11,17H2,1-2H3,(H,18,20)/t14-/m1/s1. The zero-order chi connectivity index (χ0) is 15.2. The highest BCUT2D eigenvalue weighted by atomic mass is 16.5. The van der Waals surface area contributed by atoms with Crippen LogP contribution in [0.1, 0.15) is 25.8 Å². The number of likely N-dealkylation sites (tertiary alicyclic amines) is 1. The molecule has 1 aliphatic heterocycles. The first-order valence-corrected chi connectivity index (χ1v) is 7.53. The molecule has 2 rings (SSSR count). The van der Waals surface area contributed by atoms with E-state index in [0.717, 1.165) is 38.4 Å². The largest absolute Gasteiger partial charge is 0.493 e. The number of hydrazine groups is 1. The molecule has 0 unspecified atom stereocenters. The monoisotopic (exact) mass is 291 g/mol. The van der Waals surface area contributed by atoms with Gasteiger partial charge in [-0.15, -0.1) is 0 Å². The molecule has 0 spiro atoms. The van der Waals surface area contributed by atoms with E-state index in [1.165, 1.54) is 5.56 Å². The van der Waals surface area contributed by atoms with Crippen molar-refractivity contribution < 1.29 is 9.53 Å². The molecule has 1 saturated heterocycles. The minimum Gasteiger partial charge on any atom is -0.493 e. The lowest BCUT2D eigenvalue weighted by atomic mass is 10.1. The van der Waals surface area contributed by atoms with Crippen LogP contribution in [0.2, 0.25) is 0 Å². The molecule has 5 nitrogen and oxygen atoms in total. The highest BCUT2D eigenvalue weighted by molar-refractivity contribution is 5.78. The molecule has 3 N–H and O–H groups in total. The number of ether oxygens (including phenoxy) is 1. The van der Waals surface area contributed by atoms with Crippen molar-refractivity contribution in [3.63, 3.8) is 0 Å². The van der Waals surface area contributed by atoms with Gasteiger partial charge in [0.1, 0.15) is 5.75 Å². The van der Waals surface area contributed by atoms with Crippen molar-refractivity contribution >= 4 is 5.91 Å². The molecule has 1 amide bonds. The molecule has 1 aromatic carbocycles. The van der Waals surface area contributed by atoms with Crippen molar-refractivity contribution in [2.45, 2.75) is 26.8 Å². The molecule has 0 saturated carbocycles. The van der Waals surface area contributed by atoms with E-state index >= 15 is 0 Å². The Kier molecular flexibility index (Phi) is 5.59. The second-order valence-corrected chi connectivity index (χ2v) is 6.08. The van der Waals surface area contributed by atoms with Crippen LogP contribution in [0.15, 0.2) is 24.3 Å². The Morgan fingerprint density at radius 3 is 3.05 bits per heavy atom. The molecular weight excluding hydrogens is 266 g/mol. The van der Waals surface area contributed by atoms with Gasteiger partial charge >= 0.3 is 0 Å². The van der Waals surface area contributed by atoms with Gasteiger partial charge in [-0.05, 0) is 36.6 Å². The Labute approximate surface area is 126 Å². The third-order valence-corrected chi connectivity index (χ3v) is 3.67. The predicted octanol–water partition coefficient (Wildman–Crippen LogP) is 1.53. The third-order valence-electron chi connectivity index (χ3n) is 3.67. The highest BCUT2D eigenvalue weighted by Crippen LogP contribution is 2.21. The van der Waals surface area contributed by atoms with Gasteiger partial charge in [0.15, 0.2) is 0 Å². The van der Waals surface area contributed by atoms with Gasteiger partial charge in [0, 0.05) is 13.1 Å². The number of hydrogen-bond acceptors (Lipinski definition) is 4. The van der Waals surface area contributed by atoms with Gasteiger partial charge in [-0.25, -0.2) is 5.84 Å². The first-order chi connectivity index (χ1) is 10.1. The lowest BCUT2D eigenvalue weighted by Crippen LogP contribution is -2.37. The lowest BCUT2D eigenvalue weighted by Gasteiger charge is -2.16. The highest BCUT2D eigenvalue weighted by Gasteiger charge is 2.27. The fourth-order valence-corrected chi connectivity index (χ4v) is 2.56. The van der Waals surface area contributed by atoms with E-state index in [9.17, 15) is 4.79 Å². The molecule has 1 fully saturated rings. The van der Waals surface area contributed by atoms with Crippen molar-refractivity contribution in [3.8, 4) is 5.75 Å². The maximum atomic E-state index is 11.5. The summed E-state index contributed by atoms with van der Waals surface area (Å²) in [5.74, 6) is 6.57. The maximum absolute atomic E-state index is 11.5. The minimum atomic E-state index is -0.0634. The van der Waals surface area contributed by atoms with Crippen LogP contribution in [0.4, 0.5) is 0 Å². The number of carbonyl (C=O) groups is 1. The molecule has 0 aromatic heterocycles. The van der Waals surface area contributed by atoms with Gasteiger partial charge in [0.2, 0.25) is 5.91 Å². The molecule has 1 atom stereocenters. The number of benzene rings is 1. The molecule has 0 aliphatic carbocycles. The molecule has 5 heteroatoms. The van der Waals surface area contributed by atoms with Crippen LogP contribution >= 0.6 is 0 Å². The number of rotatable bonds is 6. The molecule has 21 heavy (non-hydrogen) atoms. The second-order valence-electron chi connectivity index (χ2n) is 6.08. The molecule has 1 aromatic rings. The van der Waals surface area contributed by atoms with Crippen molar-refractivity contribution in [2.75, 3.05) is 19.7 Å². The summed E-state index contributed by atoms with van der Waals surface area (Å²) in [7, 11) is 0. The molecular formula is C16H25N3O2. The summed E-state index contributed by atoms with van der Waals surface area (Å²) in [6.07, 6.45) is 0.868. The Balaban J connectivity index is 1.88. The van der Waals surface area contributed by atoms with Crippen molar-refractivity contribution in [1.29, 1.82) is 0 Å². The number of hydrogen-bond donors (Lipinski definition) is 2. The first-order valence-electron chi connectivity index (χ1n) is 7.53. The van der Waals surface area contributed by atoms with Gasteiger partial charge in [-0.3, -0.25) is 15.1 Å². The van der Waals surface area contributed by atoms with Crippen LogP contribution in [0.5, 0.6) is 5.75 Å². The summed E-state index contributed by atoms with van der Waals surface area (Å²) in [6, 6.07) is 8.18. The second kappa shape index (κ2) is 7.43. The van der Waals surface area contributed by atoms with Crippen LogP contribution in [-0.4, -0.2) is 30.5 Å². The zero-order valence-electron chi connectivity index (χ0n) is 12.8. The van der Waals surface area contributed by atoms with E-state index in [0.29, 0.717) is 5.92 Å². The van der Waals surface area contributed by atoms with E-state index in [1.54, 1.807) is 0 Å². The summed E-state index contributed by atoms with van der Waals surface area (Å²) in [6.45, 7) is 7.53. The van der Waals surface area contributed by atoms with E-state index in [4.69, 9.17) is 10.6 Å². The fourth-order valence-electron chi connectivity index (χ4n) is 2.56. The number of nitrogens with one attached hydrogen (secondary N) is 1. The van der Waals surface area contributed by atoms with Crippen LogP contribution in [0.3, 0.4) is 0 Å². The Morgan fingerprint density at radius 1 is 1.52 bits per heavy atom. The number of carbonyl (C=O) groups excluding carboxylic acids is 1. The molecule has 0 radical (unpaired) electrons. The Morgan fingerprint density at radius 2 is 2.33 bits per heavy atom. The zero-order valence-corrected chi connectivity index (χ0v) is 12.8. The van der Waals surface area contributed by atoms with E-state index in [2.05, 4.69) is 36.3 Å². The smallest absolute Gasteiger partial charge is 0.238 e. The molecule has 116 valence electrons. The number of amides is 1. The maximum Gasteiger partial charge on any atom is 0.238 e. The van der Waals surface area contributed by atoms with Crippen LogP contribution in [0, 0.1) is 11.8 Å². The van der Waals surface area contributed by atoms with Gasteiger partial charge in [0.25, 0.3) is 0 Å². The summed E-state index contributed by atoms with van der Waals surface area (Å²) >= 11 is 0. The van der Waals surface area contributed by atoms with Gasteiger partial charge in [0.05, 0.1) is 12.5 Å². The lowest BCUT2D eigenvalue weighted by molar-refractivity contribution is -0.124. The molecule has 1 heterocycles. The van der Waals surface area contributed by atoms with Crippen molar-refractivity contribution in [1.82, 2.24) is 10.3 Å². The summed E-state index contributed by atoms with van der Waals surface area (Å²) in [5, 5.41) is 0. The van der Waals surface area contributed by atoms with Gasteiger partial charge in [-0.2, -0.15) is 0 Å². The average molecular weight is 291 g/mol. The third kappa shape index (κ3) is 4.72. The summed E-state index contributed by atoms with van der Waals surface area (Å²) in [4.78, 5) is 13.8. The number of nitrogens with zero attached hydrogens (tertiary/aromatic N) is 1. The average Bonchev–Trinajstić information content (AvgIpc) is 2.93. The van der Waals surface area contributed by atoms with E-state index in [-0.39, 0.29) is 11.8 Å². The van der Waals surface area contributed by atoms with Crippen LogP contribution < -0.4 is 16.0 Å². The Bertz CT molecular complexity index is 476. The van der Waals surface area contributed by atoms with Crippen LogP contribution in [0.25, 0.3) is 0 Å². The molecule has 0 bridgehead atoms. The normalized spacial score (nSPS) is 19.0. The summed E-state index contributed by atoms with van der Waals surface area (Å²) < 4.78 is 5.75. The van der Waals surface area contributed by atoms with Crippen molar-refractivity contribution in [3.05, 3.63) is 29.8 Å². The SMILES string of the molecule is CC(C)COc1cccc(CN2CC[C@@H](C(=O)NN)C2)c1. The quantitative estimate of drug-likeness (QED) is 0.474. The van der Waals surface area contributed by atoms with Gasteiger partial charge < -0.3 is 4.74 Å². The number of nitrogens with two attached hydrogens (primary N) is 1. The fraction of sp³-hybridized carbons (Fsp3) is 0.562. The molecule has 1 aliphatic rings. The van der Waals surface area contributed by atoms with E-state index in [1.807, 2.05) is 12.1 Å². The van der Waals surface area contributed by atoms with Crippen molar-refractivity contribution in [2.24, 2.45) is 17.7 Å². The Hall–Kier alpha value is -1.59. The first kappa shape index (κ1) is 15.8.